The van der Waals surface area contributed by atoms with E-state index in [9.17, 15) is 4.79 Å². The first kappa shape index (κ1) is 51.9. The number of hydrogen-bond donors (Lipinski definition) is 1. The molecule has 328 valence electrons. The Morgan fingerprint density at radius 1 is 0.533 bits per heavy atom. The first-order valence-electron chi connectivity index (χ1n) is 21.6. The van der Waals surface area contributed by atoms with E-state index in [4.69, 9.17) is 0 Å². The maximum absolute atomic E-state index is 12.1. The average Bonchev–Trinajstić information content (AvgIpc) is 3.70. The Bertz CT molecular complexity index is 2390. The number of nitrogens with zero attached hydrogens (tertiary/aromatic N) is 2. The van der Waals surface area contributed by atoms with Gasteiger partial charge in [-0.05, 0) is 101 Å². The molecule has 0 radical (unpaired) electrons. The summed E-state index contributed by atoms with van der Waals surface area (Å²) in [6, 6.07) is 31.5. The van der Waals surface area contributed by atoms with Gasteiger partial charge in [-0.1, -0.05) is 179 Å². The Balaban J connectivity index is 0.000000267. The van der Waals surface area contributed by atoms with Gasteiger partial charge in [0.15, 0.2) is 0 Å². The van der Waals surface area contributed by atoms with Crippen LogP contribution in [0.25, 0.3) is 42.0 Å². The molecule has 3 heterocycles. The van der Waals surface area contributed by atoms with E-state index < -0.39 is 0 Å². The predicted octanol–water partition coefficient (Wildman–Crippen LogP) is 17.1. The molecule has 0 bridgehead atoms. The summed E-state index contributed by atoms with van der Waals surface area (Å²) in [7, 11) is 0. The molecule has 0 aliphatic carbocycles. The van der Waals surface area contributed by atoms with E-state index in [-0.39, 0.29) is 21.9 Å². The number of rotatable bonds is 0. The standard InChI is InChI=1S/C16H16S.C12H14N2O.C12H15N.3C5H12/c1-16(2,3)13-9-6-8-12-11-7-4-5-10-14(11)17-15(12)13;1-12(2,3)14-8-13-10-7-5-4-6-9(10)11(14)15;1-12(2,3)10-4-5-11-9(8-10)6-7-13-11;3*1-5(2,3)4/h4-10H,1-3H3;4-8H,1-3H3;4-8,13H,1-3H3;3*1-4H3. The fourth-order valence-corrected chi connectivity index (χ4v) is 6.83. The van der Waals surface area contributed by atoms with Crippen LogP contribution in [0.1, 0.15) is 157 Å². The summed E-state index contributed by atoms with van der Waals surface area (Å²) in [6.07, 6.45) is 3.60. The third-order valence-corrected chi connectivity index (χ3v) is 9.24. The van der Waals surface area contributed by atoms with Crippen molar-refractivity contribution in [3.63, 3.8) is 0 Å². The maximum atomic E-state index is 12.1. The molecule has 1 N–H and O–H groups in total. The summed E-state index contributed by atoms with van der Waals surface area (Å²) in [6.45, 7) is 45.8. The molecule has 0 saturated heterocycles. The van der Waals surface area contributed by atoms with E-state index in [1.807, 2.05) is 62.6 Å². The van der Waals surface area contributed by atoms with E-state index in [1.54, 1.807) is 10.9 Å². The van der Waals surface area contributed by atoms with Gasteiger partial charge in [-0.3, -0.25) is 9.36 Å². The molecule has 4 aromatic carbocycles. The van der Waals surface area contributed by atoms with Crippen LogP contribution in [0.4, 0.5) is 0 Å². The van der Waals surface area contributed by atoms with Crippen LogP contribution in [0.5, 0.6) is 0 Å². The maximum Gasteiger partial charge on any atom is 0.261 e. The Kier molecular flexibility index (Phi) is 17.8. The van der Waals surface area contributed by atoms with Gasteiger partial charge in [0.1, 0.15) is 0 Å². The average molecular weight is 832 g/mol. The van der Waals surface area contributed by atoms with Crippen molar-refractivity contribution in [3.8, 4) is 0 Å². The summed E-state index contributed by atoms with van der Waals surface area (Å²) in [5, 5.41) is 4.76. The molecule has 7 rings (SSSR count). The minimum absolute atomic E-state index is 0.0214. The van der Waals surface area contributed by atoms with Gasteiger partial charge in [0, 0.05) is 37.4 Å². The molecule has 4 nitrogen and oxygen atoms in total. The van der Waals surface area contributed by atoms with Crippen LogP contribution in [0, 0.1) is 16.2 Å². The van der Waals surface area contributed by atoms with Crippen molar-refractivity contribution in [2.45, 2.75) is 162 Å². The number of benzene rings is 4. The molecular formula is C55H81N3OS. The van der Waals surface area contributed by atoms with E-state index in [2.05, 4.69) is 201 Å². The molecule has 0 fully saturated rings. The highest BCUT2D eigenvalue weighted by molar-refractivity contribution is 7.26. The smallest absolute Gasteiger partial charge is 0.261 e. The summed E-state index contributed by atoms with van der Waals surface area (Å²) in [5.74, 6) is 0. The van der Waals surface area contributed by atoms with Crippen LogP contribution in [0.15, 0.2) is 108 Å². The Hall–Kier alpha value is -4.22. The first-order valence-corrected chi connectivity index (χ1v) is 22.4. The van der Waals surface area contributed by atoms with Crippen molar-refractivity contribution in [3.05, 3.63) is 125 Å². The second-order valence-corrected chi connectivity index (χ2v) is 24.7. The molecule has 0 aliphatic rings. The number of hydrogen-bond acceptors (Lipinski definition) is 3. The lowest BCUT2D eigenvalue weighted by Crippen LogP contribution is -2.33. The highest BCUT2D eigenvalue weighted by Crippen LogP contribution is 2.39. The van der Waals surface area contributed by atoms with Crippen molar-refractivity contribution >= 4 is 53.3 Å². The van der Waals surface area contributed by atoms with Crippen molar-refractivity contribution in [2.75, 3.05) is 0 Å². The molecule has 0 atom stereocenters. The highest BCUT2D eigenvalue weighted by atomic mass is 32.1. The Morgan fingerprint density at radius 2 is 1.03 bits per heavy atom. The lowest BCUT2D eigenvalue weighted by atomic mass is 9.86. The van der Waals surface area contributed by atoms with Crippen LogP contribution in [-0.2, 0) is 16.4 Å². The molecular weight excluding hydrogens is 751 g/mol. The second kappa shape index (κ2) is 20.6. The highest BCUT2D eigenvalue weighted by Gasteiger charge is 2.19. The fourth-order valence-electron chi connectivity index (χ4n) is 5.40. The van der Waals surface area contributed by atoms with Crippen molar-refractivity contribution in [1.82, 2.24) is 14.5 Å². The molecule has 0 spiro atoms. The summed E-state index contributed by atoms with van der Waals surface area (Å²) in [4.78, 5) is 19.6. The van der Waals surface area contributed by atoms with Crippen LogP contribution in [0.3, 0.4) is 0 Å². The van der Waals surface area contributed by atoms with Gasteiger partial charge in [-0.25, -0.2) is 4.98 Å². The monoisotopic (exact) mass is 832 g/mol. The van der Waals surface area contributed by atoms with Crippen LogP contribution >= 0.6 is 11.3 Å². The summed E-state index contributed by atoms with van der Waals surface area (Å²) < 4.78 is 4.50. The SMILES string of the molecule is CC(C)(C)C.CC(C)(C)C.CC(C)(C)C.CC(C)(C)c1ccc2[nH]ccc2c1.CC(C)(C)c1cccc2c1sc1ccccc12.CC(C)(C)n1cnc2ccccc2c1=O. The number of aromatic amines is 1. The fraction of sp³-hybridized carbons (Fsp3) is 0.491. The molecule has 60 heavy (non-hydrogen) atoms. The van der Waals surface area contributed by atoms with Crippen molar-refractivity contribution in [2.24, 2.45) is 16.2 Å². The number of H-pyrrole nitrogens is 1. The molecule has 0 amide bonds. The van der Waals surface area contributed by atoms with Crippen molar-refractivity contribution < 1.29 is 0 Å². The van der Waals surface area contributed by atoms with E-state index >= 15 is 0 Å². The molecule has 7 aromatic rings. The van der Waals surface area contributed by atoms with Crippen LogP contribution < -0.4 is 5.56 Å². The molecule has 3 aromatic heterocycles. The lowest BCUT2D eigenvalue weighted by Gasteiger charge is -2.21. The number of nitrogens with one attached hydrogen (secondary N) is 1. The normalized spacial score (nSPS) is 12.2. The molecule has 5 heteroatoms. The molecule has 0 unspecified atom stereocenters. The quantitative estimate of drug-likeness (QED) is 0.165. The van der Waals surface area contributed by atoms with Gasteiger partial charge in [-0.2, -0.15) is 0 Å². The molecule has 0 saturated carbocycles. The third-order valence-electron chi connectivity index (χ3n) is 8.02. The van der Waals surface area contributed by atoms with Gasteiger partial charge in [0.05, 0.1) is 17.2 Å². The third kappa shape index (κ3) is 18.6. The molecule has 0 aliphatic heterocycles. The minimum Gasteiger partial charge on any atom is -0.361 e. The largest absolute Gasteiger partial charge is 0.361 e. The predicted molar refractivity (Wildman–Crippen MR) is 271 cm³/mol. The van der Waals surface area contributed by atoms with Gasteiger partial charge < -0.3 is 4.98 Å². The van der Waals surface area contributed by atoms with E-state index in [1.165, 1.54) is 42.2 Å². The number of fused-ring (bicyclic) bond motifs is 5. The number of thiophene rings is 1. The Labute approximate surface area is 369 Å². The van der Waals surface area contributed by atoms with Gasteiger partial charge >= 0.3 is 0 Å². The zero-order valence-corrected chi connectivity index (χ0v) is 42.3. The van der Waals surface area contributed by atoms with Gasteiger partial charge in [-0.15, -0.1) is 11.3 Å². The van der Waals surface area contributed by atoms with E-state index in [0.29, 0.717) is 21.6 Å². The van der Waals surface area contributed by atoms with Crippen molar-refractivity contribution in [1.29, 1.82) is 0 Å². The Morgan fingerprint density at radius 3 is 1.55 bits per heavy atom. The zero-order chi connectivity index (χ0) is 46.1. The minimum atomic E-state index is -0.228. The summed E-state index contributed by atoms with van der Waals surface area (Å²) in [5.41, 5.74) is 6.56. The van der Waals surface area contributed by atoms with Crippen LogP contribution in [-0.4, -0.2) is 14.5 Å². The zero-order valence-electron chi connectivity index (χ0n) is 41.5. The number of aromatic nitrogens is 3. The first-order chi connectivity index (χ1) is 27.1. The number of para-hydroxylation sites is 1. The lowest BCUT2D eigenvalue weighted by molar-refractivity contribution is 0.382. The summed E-state index contributed by atoms with van der Waals surface area (Å²) >= 11 is 1.92. The van der Waals surface area contributed by atoms with Gasteiger partial charge in [0.25, 0.3) is 5.56 Å². The van der Waals surface area contributed by atoms with Crippen LogP contribution in [0.2, 0.25) is 0 Å². The topological polar surface area (TPSA) is 50.7 Å². The van der Waals surface area contributed by atoms with Gasteiger partial charge in [0.2, 0.25) is 0 Å². The van der Waals surface area contributed by atoms with E-state index in [0.717, 1.165) is 5.52 Å². The second-order valence-electron chi connectivity index (χ2n) is 23.7.